The van der Waals surface area contributed by atoms with E-state index in [0.717, 1.165) is 78.0 Å². The topological polar surface area (TPSA) is 121 Å². The van der Waals surface area contributed by atoms with Gasteiger partial charge in [-0.1, -0.05) is 11.3 Å². The molecule has 2 saturated heterocycles. The third-order valence-electron chi connectivity index (χ3n) is 7.21. The molecule has 4 aromatic rings. The molecule has 6 heterocycles. The highest BCUT2D eigenvalue weighted by Crippen LogP contribution is 2.44. The van der Waals surface area contributed by atoms with Gasteiger partial charge in [-0.15, -0.1) is 0 Å². The maximum Gasteiger partial charge on any atom is 0.261 e. The van der Waals surface area contributed by atoms with Crippen LogP contribution >= 0.6 is 11.3 Å². The third kappa shape index (κ3) is 4.38. The van der Waals surface area contributed by atoms with Gasteiger partial charge in [0.05, 0.1) is 41.6 Å². The Bertz CT molecular complexity index is 1480. The summed E-state index contributed by atoms with van der Waals surface area (Å²) in [6.45, 7) is 4.40. The first-order chi connectivity index (χ1) is 18.1. The Morgan fingerprint density at radius 2 is 1.97 bits per heavy atom. The minimum absolute atomic E-state index is 0.265. The van der Waals surface area contributed by atoms with Crippen LogP contribution in [0, 0.1) is 0 Å². The van der Waals surface area contributed by atoms with Gasteiger partial charge in [-0.05, 0) is 37.8 Å². The van der Waals surface area contributed by atoms with Crippen LogP contribution in [0.25, 0.3) is 16.0 Å². The summed E-state index contributed by atoms with van der Waals surface area (Å²) in [5.41, 5.74) is 3.25. The molecule has 0 aromatic carbocycles. The van der Waals surface area contributed by atoms with Crippen LogP contribution in [-0.4, -0.2) is 81.1 Å². The van der Waals surface area contributed by atoms with Crippen molar-refractivity contribution in [1.82, 2.24) is 24.6 Å². The van der Waals surface area contributed by atoms with Crippen LogP contribution in [0.3, 0.4) is 0 Å². The summed E-state index contributed by atoms with van der Waals surface area (Å²) in [4.78, 5) is 32.2. The molecule has 0 bridgehead atoms. The maximum atomic E-state index is 13.5. The van der Waals surface area contributed by atoms with E-state index in [1.165, 1.54) is 0 Å². The normalized spacial score (nSPS) is 20.6. The zero-order valence-electron chi connectivity index (χ0n) is 20.3. The Morgan fingerprint density at radius 1 is 1.11 bits per heavy atom. The van der Waals surface area contributed by atoms with Gasteiger partial charge in [0.25, 0.3) is 5.91 Å². The number of aliphatic hydroxyl groups is 1. The number of hydrogen-bond acceptors (Lipinski definition) is 10. The molecule has 3 fully saturated rings. The summed E-state index contributed by atoms with van der Waals surface area (Å²) in [5, 5.41) is 18.5. The molecule has 12 heteroatoms. The van der Waals surface area contributed by atoms with Gasteiger partial charge in [0.15, 0.2) is 16.4 Å². The van der Waals surface area contributed by atoms with Gasteiger partial charge in [0.2, 0.25) is 0 Å². The van der Waals surface area contributed by atoms with Crippen LogP contribution in [0.5, 0.6) is 0 Å². The Kier molecular flexibility index (Phi) is 5.67. The summed E-state index contributed by atoms with van der Waals surface area (Å²) >= 11 is 1.59. The molecule has 37 heavy (non-hydrogen) atoms. The molecule has 1 amide bonds. The summed E-state index contributed by atoms with van der Waals surface area (Å²) < 4.78 is 8.04. The number of ether oxygens (including phenoxy) is 1. The maximum absolute atomic E-state index is 13.5. The lowest BCUT2D eigenvalue weighted by molar-refractivity contribution is 0.102. The number of carbonyl (C=O) groups is 1. The largest absolute Gasteiger partial charge is 0.391 e. The zero-order valence-corrected chi connectivity index (χ0v) is 21.2. The summed E-state index contributed by atoms with van der Waals surface area (Å²) in [5.74, 6) is 0.814. The highest BCUT2D eigenvalue weighted by atomic mass is 32.1. The minimum Gasteiger partial charge on any atom is -0.391 e. The lowest BCUT2D eigenvalue weighted by Crippen LogP contribution is -2.38. The van der Waals surface area contributed by atoms with Crippen molar-refractivity contribution >= 4 is 49.9 Å². The van der Waals surface area contributed by atoms with Gasteiger partial charge >= 0.3 is 0 Å². The number of pyridine rings is 1. The number of amides is 1. The SMILES string of the molecule is O=C(Nc1cc2sc(N3CCOCC3)nc2nc1C1CC1)c1cnn2ccc(N3CCC[C@H](O)C3)nc12. The molecule has 1 aliphatic carbocycles. The highest BCUT2D eigenvalue weighted by molar-refractivity contribution is 7.22. The standard InChI is InChI=1S/C25H28N8O3S/c34-16-2-1-6-32(14-16)20-5-7-33-23(28-20)17(13-26-33)24(35)27-18-12-19-22(29-21(18)15-3-4-15)30-25(37-19)31-8-10-36-11-9-31/h5,7,12-13,15-16,34H,1-4,6,8-11,14H2,(H,27,35)/t16-/m0/s1. The Hall–Kier alpha value is -3.35. The summed E-state index contributed by atoms with van der Waals surface area (Å²) in [6, 6.07) is 3.88. The van der Waals surface area contributed by atoms with Crippen molar-refractivity contribution < 1.29 is 14.6 Å². The predicted octanol–water partition coefficient (Wildman–Crippen LogP) is 2.66. The van der Waals surface area contributed by atoms with Crippen LogP contribution < -0.4 is 15.1 Å². The molecule has 11 nitrogen and oxygen atoms in total. The fourth-order valence-electron chi connectivity index (χ4n) is 5.07. The van der Waals surface area contributed by atoms with E-state index in [9.17, 15) is 9.90 Å². The molecule has 0 spiro atoms. The van der Waals surface area contributed by atoms with E-state index in [-0.39, 0.29) is 12.0 Å². The Labute approximate surface area is 217 Å². The first-order valence-corrected chi connectivity index (χ1v) is 13.7. The van der Waals surface area contributed by atoms with Crippen molar-refractivity contribution in [2.75, 3.05) is 54.5 Å². The van der Waals surface area contributed by atoms with Crippen molar-refractivity contribution in [3.63, 3.8) is 0 Å². The second kappa shape index (κ2) is 9.19. The molecule has 1 saturated carbocycles. The number of aliphatic hydroxyl groups excluding tert-OH is 1. The molecule has 0 radical (unpaired) electrons. The Morgan fingerprint density at radius 3 is 2.78 bits per heavy atom. The lowest BCUT2D eigenvalue weighted by atomic mass is 10.1. The summed E-state index contributed by atoms with van der Waals surface area (Å²) in [7, 11) is 0. The van der Waals surface area contributed by atoms with Gasteiger partial charge in [-0.3, -0.25) is 4.79 Å². The molecule has 2 aliphatic heterocycles. The molecule has 3 aliphatic rings. The predicted molar refractivity (Wildman–Crippen MR) is 141 cm³/mol. The average molecular weight is 521 g/mol. The Balaban J connectivity index is 1.19. The number of nitrogens with one attached hydrogen (secondary N) is 1. The van der Waals surface area contributed by atoms with E-state index in [1.54, 1.807) is 22.0 Å². The molecule has 7 rings (SSSR count). The number of anilines is 3. The smallest absolute Gasteiger partial charge is 0.261 e. The van der Waals surface area contributed by atoms with Crippen molar-refractivity contribution in [2.45, 2.75) is 37.7 Å². The number of carbonyl (C=O) groups excluding carboxylic acids is 1. The van der Waals surface area contributed by atoms with Crippen LogP contribution in [0.2, 0.25) is 0 Å². The van der Waals surface area contributed by atoms with Gasteiger partial charge in [0.1, 0.15) is 11.4 Å². The van der Waals surface area contributed by atoms with Crippen LogP contribution in [0.15, 0.2) is 24.5 Å². The number of nitrogens with zero attached hydrogens (tertiary/aromatic N) is 7. The summed E-state index contributed by atoms with van der Waals surface area (Å²) in [6.07, 6.45) is 6.83. The molecular formula is C25H28N8O3S. The van der Waals surface area contributed by atoms with Crippen molar-refractivity contribution in [3.05, 3.63) is 35.8 Å². The number of rotatable bonds is 5. The van der Waals surface area contributed by atoms with E-state index in [0.29, 0.717) is 36.9 Å². The fraction of sp³-hybridized carbons (Fsp3) is 0.480. The number of hydrogen-bond donors (Lipinski definition) is 2. The number of thiazole rings is 1. The number of morpholine rings is 1. The molecule has 2 N–H and O–H groups in total. The van der Waals surface area contributed by atoms with E-state index < -0.39 is 0 Å². The molecule has 1 atom stereocenters. The van der Waals surface area contributed by atoms with E-state index in [4.69, 9.17) is 19.7 Å². The average Bonchev–Trinajstić information content (AvgIpc) is 3.54. The van der Waals surface area contributed by atoms with E-state index in [2.05, 4.69) is 20.2 Å². The minimum atomic E-state index is -0.363. The monoisotopic (exact) mass is 520 g/mol. The highest BCUT2D eigenvalue weighted by Gasteiger charge is 2.30. The fourth-order valence-corrected chi connectivity index (χ4v) is 6.07. The van der Waals surface area contributed by atoms with Crippen LogP contribution in [0.1, 0.15) is 47.7 Å². The van der Waals surface area contributed by atoms with E-state index >= 15 is 0 Å². The van der Waals surface area contributed by atoms with Crippen LogP contribution in [-0.2, 0) is 4.74 Å². The lowest BCUT2D eigenvalue weighted by Gasteiger charge is -2.30. The molecule has 0 unspecified atom stereocenters. The zero-order chi connectivity index (χ0) is 24.9. The van der Waals surface area contributed by atoms with Crippen LogP contribution in [0.4, 0.5) is 16.6 Å². The number of β-amino-alcohol motifs (C(OH)–C–C–N with tert-alkyl or cyclic N) is 1. The first-order valence-electron chi connectivity index (χ1n) is 12.9. The molecule has 192 valence electrons. The van der Waals surface area contributed by atoms with Gasteiger partial charge < -0.3 is 25.0 Å². The molecule has 4 aromatic heterocycles. The van der Waals surface area contributed by atoms with Crippen molar-refractivity contribution in [2.24, 2.45) is 0 Å². The van der Waals surface area contributed by atoms with Crippen molar-refractivity contribution in [3.8, 4) is 0 Å². The van der Waals surface area contributed by atoms with Gasteiger partial charge in [0, 0.05) is 38.3 Å². The van der Waals surface area contributed by atoms with Crippen molar-refractivity contribution in [1.29, 1.82) is 0 Å². The first kappa shape index (κ1) is 22.8. The number of fused-ring (bicyclic) bond motifs is 2. The third-order valence-corrected chi connectivity index (χ3v) is 8.27. The van der Waals surface area contributed by atoms with Gasteiger partial charge in [-0.2, -0.15) is 10.1 Å². The quantitative estimate of drug-likeness (QED) is 0.409. The van der Waals surface area contributed by atoms with E-state index in [1.807, 2.05) is 18.3 Å². The second-order valence-electron chi connectivity index (χ2n) is 9.92. The number of piperidine rings is 1. The van der Waals surface area contributed by atoms with Gasteiger partial charge in [-0.25, -0.2) is 14.5 Å². The second-order valence-corrected chi connectivity index (χ2v) is 10.9. The molecular weight excluding hydrogens is 492 g/mol. The number of aromatic nitrogens is 5.